The van der Waals surface area contributed by atoms with Gasteiger partial charge < -0.3 is 14.9 Å². The Labute approximate surface area is 101 Å². The van der Waals surface area contributed by atoms with Gasteiger partial charge in [-0.1, -0.05) is 12.2 Å². The quantitative estimate of drug-likeness (QED) is 0.404. The van der Waals surface area contributed by atoms with Gasteiger partial charge in [-0.2, -0.15) is 0 Å². The van der Waals surface area contributed by atoms with Crippen molar-refractivity contribution in [3.8, 4) is 0 Å². The number of carbonyl (C=O) groups is 4. The van der Waals surface area contributed by atoms with Crippen LogP contribution in [0.1, 0.15) is 6.92 Å². The van der Waals surface area contributed by atoms with E-state index in [-0.39, 0.29) is 0 Å². The van der Waals surface area contributed by atoms with Crippen LogP contribution in [0, 0.1) is 5.92 Å². The molecule has 2 N–H and O–H groups in total. The van der Waals surface area contributed by atoms with E-state index in [9.17, 15) is 19.2 Å². The van der Waals surface area contributed by atoms with Crippen molar-refractivity contribution in [3.05, 3.63) is 24.3 Å². The number of esters is 1. The Kier molecular flexibility index (Phi) is 3.65. The van der Waals surface area contributed by atoms with E-state index in [0.717, 1.165) is 31.2 Å². The molecule has 0 spiro atoms. The summed E-state index contributed by atoms with van der Waals surface area (Å²) in [5.41, 5.74) is -2.13. The van der Waals surface area contributed by atoms with Crippen molar-refractivity contribution in [1.82, 2.24) is 0 Å². The Hall–Kier alpha value is -2.44. The molecule has 0 aromatic rings. The van der Waals surface area contributed by atoms with E-state index in [1.165, 1.54) is 0 Å². The third kappa shape index (κ3) is 2.62. The van der Waals surface area contributed by atoms with Crippen LogP contribution < -0.4 is 0 Å². The molecule has 0 heterocycles. The summed E-state index contributed by atoms with van der Waals surface area (Å²) in [6.45, 7) is 0.939. The molecule has 0 fully saturated rings. The molecule has 0 unspecified atom stereocenters. The zero-order chi connectivity index (χ0) is 13.9. The van der Waals surface area contributed by atoms with E-state index >= 15 is 0 Å². The molecule has 1 rings (SSSR count). The second-order valence-corrected chi connectivity index (χ2v) is 3.63. The van der Waals surface area contributed by atoms with Crippen LogP contribution in [0.2, 0.25) is 0 Å². The number of carbonyl (C=O) groups excluding carboxylic acids is 2. The molecule has 7 nitrogen and oxygen atoms in total. The number of ketones is 1. The van der Waals surface area contributed by atoms with Crippen LogP contribution in [-0.2, 0) is 23.9 Å². The van der Waals surface area contributed by atoms with Crippen LogP contribution >= 0.6 is 0 Å². The number of hydrogen-bond acceptors (Lipinski definition) is 5. The number of rotatable bonds is 4. The highest BCUT2D eigenvalue weighted by Crippen LogP contribution is 2.23. The number of carboxylic acid groups (broad SMARTS) is 2. The number of carboxylic acids is 2. The molecule has 0 atom stereocenters. The zero-order valence-electron chi connectivity index (χ0n) is 9.32. The lowest BCUT2D eigenvalue weighted by Gasteiger charge is -2.25. The summed E-state index contributed by atoms with van der Waals surface area (Å²) in [6, 6.07) is 0. The molecule has 0 saturated heterocycles. The van der Waals surface area contributed by atoms with Gasteiger partial charge in [-0.3, -0.25) is 9.59 Å². The van der Waals surface area contributed by atoms with Gasteiger partial charge in [-0.15, -0.1) is 0 Å². The number of aliphatic carboxylic acids is 2. The summed E-state index contributed by atoms with van der Waals surface area (Å²) in [5, 5.41) is 17.7. The van der Waals surface area contributed by atoms with Gasteiger partial charge in [0.1, 0.15) is 0 Å². The third-order valence-electron chi connectivity index (χ3n) is 2.27. The monoisotopic (exact) mass is 254 g/mol. The third-order valence-corrected chi connectivity index (χ3v) is 2.27. The van der Waals surface area contributed by atoms with Crippen molar-refractivity contribution >= 4 is 23.7 Å². The standard InChI is InChI=1S/C11H10O7/c1-6(12)9(15)18-11(10(16)17)4-2-7(3-5-11)8(13)14/h2-5,7H,1H3,(H,13,14)(H,16,17). The van der Waals surface area contributed by atoms with E-state index in [4.69, 9.17) is 10.2 Å². The molecular formula is C11H10O7. The van der Waals surface area contributed by atoms with Crippen LogP contribution in [-0.4, -0.2) is 39.5 Å². The van der Waals surface area contributed by atoms with Gasteiger partial charge in [0.25, 0.3) is 0 Å². The highest BCUT2D eigenvalue weighted by molar-refractivity contribution is 6.33. The molecule has 18 heavy (non-hydrogen) atoms. The Morgan fingerprint density at radius 1 is 1.11 bits per heavy atom. The highest BCUT2D eigenvalue weighted by atomic mass is 16.6. The molecular weight excluding hydrogens is 244 g/mol. The van der Waals surface area contributed by atoms with Crippen LogP contribution in [0.3, 0.4) is 0 Å². The topological polar surface area (TPSA) is 118 Å². The lowest BCUT2D eigenvalue weighted by atomic mass is 9.92. The lowest BCUT2D eigenvalue weighted by Crippen LogP contribution is -2.42. The summed E-state index contributed by atoms with van der Waals surface area (Å²) >= 11 is 0. The Bertz CT molecular complexity index is 458. The van der Waals surface area contributed by atoms with Gasteiger partial charge in [0.2, 0.25) is 11.4 Å². The first-order valence-corrected chi connectivity index (χ1v) is 4.87. The number of Topliss-reactive ketones (excluding diaryl/α,β-unsaturated/α-hetero) is 1. The summed E-state index contributed by atoms with van der Waals surface area (Å²) in [4.78, 5) is 43.6. The summed E-state index contributed by atoms with van der Waals surface area (Å²) in [6.07, 6.45) is 4.00. The van der Waals surface area contributed by atoms with Gasteiger partial charge in [0.15, 0.2) is 0 Å². The molecule has 1 aliphatic carbocycles. The van der Waals surface area contributed by atoms with Crippen molar-refractivity contribution in [1.29, 1.82) is 0 Å². The fourth-order valence-corrected chi connectivity index (χ4v) is 1.26. The zero-order valence-corrected chi connectivity index (χ0v) is 9.32. The van der Waals surface area contributed by atoms with Crippen molar-refractivity contribution in [2.75, 3.05) is 0 Å². The minimum Gasteiger partial charge on any atom is -0.481 e. The van der Waals surface area contributed by atoms with Gasteiger partial charge in [0.05, 0.1) is 5.92 Å². The Balaban J connectivity index is 3.00. The highest BCUT2D eigenvalue weighted by Gasteiger charge is 2.41. The molecule has 0 aromatic heterocycles. The Morgan fingerprint density at radius 3 is 1.94 bits per heavy atom. The van der Waals surface area contributed by atoms with E-state index in [2.05, 4.69) is 4.74 Å². The maximum atomic E-state index is 11.1. The summed E-state index contributed by atoms with van der Waals surface area (Å²) in [5.74, 6) is -5.93. The minimum absolute atomic E-state index is 0.926. The molecule has 0 aliphatic heterocycles. The van der Waals surface area contributed by atoms with Gasteiger partial charge >= 0.3 is 17.9 Å². The first-order valence-electron chi connectivity index (χ1n) is 4.87. The number of hydrogen-bond donors (Lipinski definition) is 2. The van der Waals surface area contributed by atoms with Gasteiger partial charge in [0, 0.05) is 6.92 Å². The van der Waals surface area contributed by atoms with E-state index in [1.807, 2.05) is 0 Å². The smallest absolute Gasteiger partial charge is 0.376 e. The molecule has 96 valence electrons. The lowest BCUT2D eigenvalue weighted by molar-refractivity contribution is -0.170. The number of ether oxygens (including phenoxy) is 1. The van der Waals surface area contributed by atoms with Crippen molar-refractivity contribution < 1.29 is 34.1 Å². The molecule has 0 saturated carbocycles. The fourth-order valence-electron chi connectivity index (χ4n) is 1.26. The second-order valence-electron chi connectivity index (χ2n) is 3.63. The van der Waals surface area contributed by atoms with Crippen molar-refractivity contribution in [3.63, 3.8) is 0 Å². The van der Waals surface area contributed by atoms with Crippen molar-refractivity contribution in [2.24, 2.45) is 5.92 Å². The predicted octanol–water partition coefficient (Wildman–Crippen LogP) is -0.231. The second kappa shape index (κ2) is 4.82. The van der Waals surface area contributed by atoms with E-state index in [1.54, 1.807) is 0 Å². The largest absolute Gasteiger partial charge is 0.481 e. The first-order chi connectivity index (χ1) is 8.28. The minimum atomic E-state index is -2.13. The molecule has 7 heteroatoms. The van der Waals surface area contributed by atoms with Gasteiger partial charge in [-0.05, 0) is 12.2 Å². The SMILES string of the molecule is CC(=O)C(=O)OC1(C(=O)O)C=CC(C(=O)O)C=C1. The Morgan fingerprint density at radius 2 is 1.61 bits per heavy atom. The van der Waals surface area contributed by atoms with E-state index in [0.29, 0.717) is 0 Å². The van der Waals surface area contributed by atoms with Crippen LogP contribution in [0.25, 0.3) is 0 Å². The average Bonchev–Trinajstić information content (AvgIpc) is 2.29. The first kappa shape index (κ1) is 13.6. The molecule has 0 radical (unpaired) electrons. The van der Waals surface area contributed by atoms with Crippen molar-refractivity contribution in [2.45, 2.75) is 12.5 Å². The maximum absolute atomic E-state index is 11.1. The molecule has 1 aliphatic rings. The van der Waals surface area contributed by atoms with E-state index < -0.39 is 35.2 Å². The fraction of sp³-hybridized carbons (Fsp3) is 0.273. The normalized spacial score (nSPS) is 25.5. The molecule has 0 amide bonds. The predicted molar refractivity (Wildman–Crippen MR) is 56.5 cm³/mol. The molecule has 0 bridgehead atoms. The average molecular weight is 254 g/mol. The summed E-state index contributed by atoms with van der Waals surface area (Å²) < 4.78 is 4.58. The summed E-state index contributed by atoms with van der Waals surface area (Å²) in [7, 11) is 0. The van der Waals surface area contributed by atoms with Gasteiger partial charge in [-0.25, -0.2) is 9.59 Å². The maximum Gasteiger partial charge on any atom is 0.376 e. The molecule has 0 aromatic carbocycles. The van der Waals surface area contributed by atoms with Crippen LogP contribution in [0.15, 0.2) is 24.3 Å². The van der Waals surface area contributed by atoms with Crippen LogP contribution in [0.4, 0.5) is 0 Å². The van der Waals surface area contributed by atoms with Crippen LogP contribution in [0.5, 0.6) is 0 Å².